The zero-order valence-corrected chi connectivity index (χ0v) is 25.4. The minimum Gasteiger partial charge on any atom is -0.424 e. The Morgan fingerprint density at radius 1 is 0.978 bits per heavy atom. The Labute approximate surface area is 261 Å². The number of carbonyl (C=O) groups is 5. The van der Waals surface area contributed by atoms with Crippen LogP contribution in [0.4, 0.5) is 0 Å². The molecule has 1 aliphatic rings. The number of carbonyl (C=O) groups excluding carboxylic acids is 5. The predicted molar refractivity (Wildman–Crippen MR) is 162 cm³/mol. The van der Waals surface area contributed by atoms with E-state index in [0.29, 0.717) is 62.5 Å². The number of benzene rings is 1. The highest BCUT2D eigenvalue weighted by molar-refractivity contribution is 5.95. The van der Waals surface area contributed by atoms with Crippen molar-refractivity contribution >= 4 is 40.5 Å². The van der Waals surface area contributed by atoms with Crippen LogP contribution in [0.15, 0.2) is 36.5 Å². The van der Waals surface area contributed by atoms with E-state index in [2.05, 4.69) is 15.6 Å². The smallest absolute Gasteiger partial charge is 0.333 e. The van der Waals surface area contributed by atoms with Gasteiger partial charge in [-0.2, -0.15) is 0 Å². The number of nitrogens with one attached hydrogen (secondary N) is 2. The highest BCUT2D eigenvalue weighted by Gasteiger charge is 2.37. The minimum absolute atomic E-state index is 0.0599. The van der Waals surface area contributed by atoms with E-state index in [1.54, 1.807) is 24.3 Å². The van der Waals surface area contributed by atoms with E-state index in [4.69, 9.17) is 30.4 Å². The molecule has 2 aromatic rings. The first-order valence-electron chi connectivity index (χ1n) is 14.9. The van der Waals surface area contributed by atoms with Crippen molar-refractivity contribution in [3.05, 3.63) is 36.5 Å². The second-order valence-corrected chi connectivity index (χ2v) is 10.3. The van der Waals surface area contributed by atoms with Gasteiger partial charge in [-0.05, 0) is 38.0 Å². The molecule has 15 nitrogen and oxygen atoms in total. The molecule has 1 aromatic carbocycles. The van der Waals surface area contributed by atoms with Crippen molar-refractivity contribution in [1.82, 2.24) is 20.5 Å². The molecule has 0 unspecified atom stereocenters. The van der Waals surface area contributed by atoms with Crippen LogP contribution >= 0.6 is 0 Å². The Kier molecular flexibility index (Phi) is 14.6. The molecule has 1 aliphatic heterocycles. The van der Waals surface area contributed by atoms with Crippen LogP contribution in [0.1, 0.15) is 32.6 Å². The molecular formula is C30H42N6O9. The lowest BCUT2D eigenvalue weighted by Crippen LogP contribution is -2.53. The quantitative estimate of drug-likeness (QED) is 0.114. The van der Waals surface area contributed by atoms with Gasteiger partial charge in [0, 0.05) is 31.1 Å². The molecule has 45 heavy (non-hydrogen) atoms. The standard InChI is InChI=1S/C30H42N6O9/c1-20(30(41)45-25-8-11-33-22-6-3-2-5-21(22)25)34-29(40)24-7-4-12-36(24)27(38)19-23(28(32)39)35-26(37)9-13-42-15-17-44-18-16-43-14-10-31/h2-3,5-6,8,11,20,23-24H,4,7,9-10,12-19,31H2,1H3,(H2,32,39)(H,34,40)(H,35,37)/t20-,23-,24-/m0/s1. The third-order valence-electron chi connectivity index (χ3n) is 6.94. The Hall–Kier alpha value is -4.18. The van der Waals surface area contributed by atoms with E-state index < -0.39 is 54.1 Å². The molecule has 15 heteroatoms. The number of hydrogen-bond donors (Lipinski definition) is 4. The Bertz CT molecular complexity index is 1300. The molecule has 0 radical (unpaired) electrons. The largest absolute Gasteiger partial charge is 0.424 e. The molecule has 3 atom stereocenters. The van der Waals surface area contributed by atoms with Crippen molar-refractivity contribution in [3.63, 3.8) is 0 Å². The van der Waals surface area contributed by atoms with Crippen molar-refractivity contribution in [2.45, 2.75) is 50.7 Å². The number of rotatable bonds is 19. The number of nitrogens with two attached hydrogens (primary N) is 2. The highest BCUT2D eigenvalue weighted by Crippen LogP contribution is 2.24. The summed E-state index contributed by atoms with van der Waals surface area (Å²) < 4.78 is 21.4. The number of ether oxygens (including phenoxy) is 4. The van der Waals surface area contributed by atoms with E-state index in [-0.39, 0.29) is 26.2 Å². The number of fused-ring (bicyclic) bond motifs is 1. The molecule has 1 saturated heterocycles. The maximum atomic E-state index is 13.1. The summed E-state index contributed by atoms with van der Waals surface area (Å²) in [4.78, 5) is 69.0. The average molecular weight is 631 g/mol. The van der Waals surface area contributed by atoms with Crippen molar-refractivity contribution < 1.29 is 42.9 Å². The second kappa shape index (κ2) is 18.6. The third kappa shape index (κ3) is 11.4. The lowest BCUT2D eigenvalue weighted by molar-refractivity contribution is -0.142. The van der Waals surface area contributed by atoms with Gasteiger partial charge in [0.05, 0.1) is 51.6 Å². The Morgan fingerprint density at radius 2 is 1.67 bits per heavy atom. The Balaban J connectivity index is 1.43. The molecule has 3 rings (SSSR count). The molecule has 6 N–H and O–H groups in total. The second-order valence-electron chi connectivity index (χ2n) is 10.3. The van der Waals surface area contributed by atoms with Crippen LogP contribution in [-0.2, 0) is 38.2 Å². The van der Waals surface area contributed by atoms with Crippen LogP contribution in [0.2, 0.25) is 0 Å². The fraction of sp³-hybridized carbons (Fsp3) is 0.533. The van der Waals surface area contributed by atoms with Gasteiger partial charge in [-0.15, -0.1) is 0 Å². The number of esters is 1. The van der Waals surface area contributed by atoms with E-state index in [1.165, 1.54) is 18.0 Å². The molecule has 0 bridgehead atoms. The minimum atomic E-state index is -1.27. The monoisotopic (exact) mass is 630 g/mol. The van der Waals surface area contributed by atoms with Gasteiger partial charge in [-0.3, -0.25) is 24.2 Å². The predicted octanol–water partition coefficient (Wildman–Crippen LogP) is -0.605. The van der Waals surface area contributed by atoms with Crippen LogP contribution in [0, 0.1) is 0 Å². The maximum absolute atomic E-state index is 13.1. The first-order chi connectivity index (χ1) is 21.7. The molecule has 0 aliphatic carbocycles. The SMILES string of the molecule is C[C@H](NC(=O)[C@@H]1CCCN1C(=O)C[C@H](NC(=O)CCOCCOCCOCCN)C(N)=O)C(=O)Oc1ccnc2ccccc12. The summed E-state index contributed by atoms with van der Waals surface area (Å²) in [5, 5.41) is 5.73. The molecule has 246 valence electrons. The molecule has 1 fully saturated rings. The fourth-order valence-electron chi connectivity index (χ4n) is 4.63. The first kappa shape index (κ1) is 35.3. The lowest BCUT2D eigenvalue weighted by Gasteiger charge is -2.26. The molecule has 0 saturated carbocycles. The summed E-state index contributed by atoms with van der Waals surface area (Å²) >= 11 is 0. The van der Waals surface area contributed by atoms with Gasteiger partial charge >= 0.3 is 5.97 Å². The van der Waals surface area contributed by atoms with E-state index in [9.17, 15) is 24.0 Å². The van der Waals surface area contributed by atoms with Gasteiger partial charge in [-0.25, -0.2) is 4.79 Å². The Morgan fingerprint density at radius 3 is 2.38 bits per heavy atom. The van der Waals surface area contributed by atoms with E-state index in [0.717, 1.165) is 0 Å². The molecule has 4 amide bonds. The first-order valence-corrected chi connectivity index (χ1v) is 14.9. The maximum Gasteiger partial charge on any atom is 0.333 e. The molecule has 1 aromatic heterocycles. The number of primary amides is 1. The summed E-state index contributed by atoms with van der Waals surface area (Å²) in [6.45, 7) is 4.14. The number of hydrogen-bond acceptors (Lipinski definition) is 11. The van der Waals surface area contributed by atoms with Gasteiger partial charge < -0.3 is 45.9 Å². The van der Waals surface area contributed by atoms with Crippen molar-refractivity contribution in [2.75, 3.05) is 52.7 Å². The summed E-state index contributed by atoms with van der Waals surface area (Å²) in [7, 11) is 0. The number of amides is 4. The zero-order chi connectivity index (χ0) is 32.6. The van der Waals surface area contributed by atoms with E-state index >= 15 is 0 Å². The van der Waals surface area contributed by atoms with Gasteiger partial charge in [0.15, 0.2) is 0 Å². The molecule has 2 heterocycles. The lowest BCUT2D eigenvalue weighted by atomic mass is 10.1. The van der Waals surface area contributed by atoms with Crippen molar-refractivity contribution in [2.24, 2.45) is 11.5 Å². The van der Waals surface area contributed by atoms with Crippen LogP contribution in [0.25, 0.3) is 10.9 Å². The summed E-state index contributed by atoms with van der Waals surface area (Å²) in [6, 6.07) is 5.59. The third-order valence-corrected chi connectivity index (χ3v) is 6.94. The topological polar surface area (TPSA) is 214 Å². The van der Waals surface area contributed by atoms with Crippen LogP contribution in [0.5, 0.6) is 5.75 Å². The summed E-state index contributed by atoms with van der Waals surface area (Å²) in [5.74, 6) is -2.84. The van der Waals surface area contributed by atoms with Crippen LogP contribution < -0.4 is 26.8 Å². The number of para-hydroxylation sites is 1. The number of nitrogens with zero attached hydrogens (tertiary/aromatic N) is 2. The van der Waals surface area contributed by atoms with Crippen molar-refractivity contribution in [3.8, 4) is 5.75 Å². The van der Waals surface area contributed by atoms with Crippen molar-refractivity contribution in [1.29, 1.82) is 0 Å². The fourth-order valence-corrected chi connectivity index (χ4v) is 4.63. The molecular weight excluding hydrogens is 588 g/mol. The van der Waals surface area contributed by atoms with Crippen LogP contribution in [0.3, 0.4) is 0 Å². The number of likely N-dealkylation sites (tertiary alicyclic amines) is 1. The summed E-state index contributed by atoms with van der Waals surface area (Å²) in [5.41, 5.74) is 11.4. The van der Waals surface area contributed by atoms with Gasteiger partial charge in [0.1, 0.15) is 23.9 Å². The highest BCUT2D eigenvalue weighted by atomic mass is 16.5. The normalized spacial score (nSPS) is 15.8. The number of pyridine rings is 1. The zero-order valence-electron chi connectivity index (χ0n) is 25.4. The van der Waals surface area contributed by atoms with Gasteiger partial charge in [0.25, 0.3) is 0 Å². The summed E-state index contributed by atoms with van der Waals surface area (Å²) in [6.07, 6.45) is 1.95. The number of aromatic nitrogens is 1. The van der Waals surface area contributed by atoms with E-state index in [1.807, 2.05) is 6.07 Å². The van der Waals surface area contributed by atoms with Gasteiger partial charge in [0.2, 0.25) is 23.6 Å². The van der Waals surface area contributed by atoms with Gasteiger partial charge in [-0.1, -0.05) is 12.1 Å². The molecule has 0 spiro atoms. The average Bonchev–Trinajstić information content (AvgIpc) is 3.52. The van der Waals surface area contributed by atoms with Crippen LogP contribution in [-0.4, -0.2) is 110 Å².